The Morgan fingerprint density at radius 3 is 2.78 bits per heavy atom. The summed E-state index contributed by atoms with van der Waals surface area (Å²) in [5, 5.41) is 18.3. The predicted octanol–water partition coefficient (Wildman–Crippen LogP) is 1.43. The molecule has 5 nitrogen and oxygen atoms in total. The van der Waals surface area contributed by atoms with E-state index in [-0.39, 0.29) is 23.5 Å². The topological polar surface area (TPSA) is 83.8 Å². The monoisotopic (exact) mass is 248 g/mol. The van der Waals surface area contributed by atoms with Crippen LogP contribution in [0.5, 0.6) is 11.5 Å². The molecule has 0 atom stereocenters. The molecule has 18 heavy (non-hydrogen) atoms. The van der Waals surface area contributed by atoms with E-state index in [2.05, 4.69) is 11.8 Å². The van der Waals surface area contributed by atoms with Gasteiger partial charge in [0.25, 0.3) is 0 Å². The Morgan fingerprint density at radius 2 is 2.22 bits per heavy atom. The highest BCUT2D eigenvalue weighted by atomic mass is 16.5. The van der Waals surface area contributed by atoms with E-state index in [9.17, 15) is 14.7 Å². The molecule has 0 spiro atoms. The van der Waals surface area contributed by atoms with Gasteiger partial charge in [0.15, 0.2) is 11.5 Å². The van der Waals surface area contributed by atoms with Gasteiger partial charge >= 0.3 is 5.97 Å². The van der Waals surface area contributed by atoms with Crippen molar-refractivity contribution in [3.8, 4) is 23.3 Å². The highest BCUT2D eigenvalue weighted by molar-refractivity contribution is 5.78. The number of carboxylic acids is 1. The number of ether oxygens (including phenoxy) is 1. The first-order valence-corrected chi connectivity index (χ1v) is 5.24. The Labute approximate surface area is 104 Å². The summed E-state index contributed by atoms with van der Waals surface area (Å²) < 4.78 is 5.15. The molecule has 5 heteroatoms. The molecule has 0 radical (unpaired) electrons. The average molecular weight is 248 g/mol. The summed E-state index contributed by atoms with van der Waals surface area (Å²) in [6.45, 7) is 2.07. The number of carbonyl (C=O) groups is 2. The molecule has 0 heterocycles. The van der Waals surface area contributed by atoms with E-state index in [4.69, 9.17) is 9.84 Å². The first kappa shape index (κ1) is 13.6. The van der Waals surface area contributed by atoms with Crippen molar-refractivity contribution in [3.05, 3.63) is 23.3 Å². The van der Waals surface area contributed by atoms with Gasteiger partial charge in [-0.05, 0) is 19.1 Å². The van der Waals surface area contributed by atoms with Gasteiger partial charge in [-0.3, -0.25) is 9.59 Å². The molecule has 0 unspecified atom stereocenters. The maximum absolute atomic E-state index is 10.7. The zero-order valence-corrected chi connectivity index (χ0v) is 9.77. The molecule has 0 aliphatic heterocycles. The second-order valence-electron chi connectivity index (χ2n) is 3.34. The molecule has 0 saturated heterocycles. The average Bonchev–Trinajstić information content (AvgIpc) is 2.33. The number of carboxylic acid groups (broad SMARTS) is 1. The molecule has 0 amide bonds. The molecule has 0 fully saturated rings. The van der Waals surface area contributed by atoms with Crippen LogP contribution in [0.2, 0.25) is 0 Å². The van der Waals surface area contributed by atoms with Gasteiger partial charge < -0.3 is 14.9 Å². The first-order valence-electron chi connectivity index (χ1n) is 5.24. The van der Waals surface area contributed by atoms with Crippen molar-refractivity contribution in [1.82, 2.24) is 0 Å². The maximum Gasteiger partial charge on any atom is 0.315 e. The van der Waals surface area contributed by atoms with Crippen molar-refractivity contribution in [2.24, 2.45) is 0 Å². The lowest BCUT2D eigenvalue weighted by Crippen LogP contribution is -1.95. The van der Waals surface area contributed by atoms with Crippen LogP contribution in [-0.2, 0) is 4.79 Å². The van der Waals surface area contributed by atoms with Gasteiger partial charge in [-0.1, -0.05) is 11.8 Å². The summed E-state index contributed by atoms with van der Waals surface area (Å²) in [5.74, 6) is 3.78. The highest BCUT2D eigenvalue weighted by Crippen LogP contribution is 2.30. The third kappa shape index (κ3) is 3.52. The summed E-state index contributed by atoms with van der Waals surface area (Å²) in [5.41, 5.74) is 0.472. The second-order valence-corrected chi connectivity index (χ2v) is 3.34. The number of rotatable bonds is 4. The zero-order valence-electron chi connectivity index (χ0n) is 9.77. The summed E-state index contributed by atoms with van der Waals surface area (Å²) >= 11 is 0. The van der Waals surface area contributed by atoms with Crippen LogP contribution in [-0.4, -0.2) is 29.1 Å². The third-order valence-corrected chi connectivity index (χ3v) is 2.00. The number of carbonyl (C=O) groups excluding carboxylic acids is 1. The van der Waals surface area contributed by atoms with Crippen LogP contribution in [0.4, 0.5) is 0 Å². The Balaban J connectivity index is 3.15. The van der Waals surface area contributed by atoms with E-state index in [1.807, 2.05) is 0 Å². The van der Waals surface area contributed by atoms with E-state index < -0.39 is 5.97 Å². The van der Waals surface area contributed by atoms with Gasteiger partial charge in [-0.25, -0.2) is 0 Å². The molecule has 1 aromatic rings. The Hall–Kier alpha value is -2.48. The fourth-order valence-corrected chi connectivity index (χ4v) is 1.27. The van der Waals surface area contributed by atoms with Crippen molar-refractivity contribution in [3.63, 3.8) is 0 Å². The van der Waals surface area contributed by atoms with Gasteiger partial charge in [0.2, 0.25) is 0 Å². The van der Waals surface area contributed by atoms with Crippen LogP contribution in [0.15, 0.2) is 12.1 Å². The van der Waals surface area contributed by atoms with Crippen LogP contribution in [0, 0.1) is 11.8 Å². The van der Waals surface area contributed by atoms with Crippen LogP contribution in [0.1, 0.15) is 29.3 Å². The number of aromatic hydroxyl groups is 1. The molecule has 94 valence electrons. The van der Waals surface area contributed by atoms with Gasteiger partial charge in [-0.15, -0.1) is 0 Å². The molecule has 0 bridgehead atoms. The molecule has 0 aromatic heterocycles. The summed E-state index contributed by atoms with van der Waals surface area (Å²) in [7, 11) is 0. The molecule has 2 N–H and O–H groups in total. The van der Waals surface area contributed by atoms with E-state index in [0.717, 1.165) is 0 Å². The van der Waals surface area contributed by atoms with Crippen molar-refractivity contribution in [2.75, 3.05) is 6.61 Å². The number of phenolic OH excluding ortho intramolecular Hbond substituents is 1. The fraction of sp³-hybridized carbons (Fsp3) is 0.231. The second kappa shape index (κ2) is 6.30. The molecule has 1 rings (SSSR count). The largest absolute Gasteiger partial charge is 0.503 e. The molecule has 0 saturated carbocycles. The van der Waals surface area contributed by atoms with E-state index >= 15 is 0 Å². The first-order chi connectivity index (χ1) is 8.58. The number of hydrogen-bond acceptors (Lipinski definition) is 4. The zero-order chi connectivity index (χ0) is 13.5. The molecule has 0 aliphatic rings. The standard InChI is InChI=1S/C13H12O5/c1-2-18-11-7-9(8-14)6-10(13(11)17)4-3-5-12(15)16/h6-8,17H,2,5H2,1H3,(H,15,16). The maximum atomic E-state index is 10.7. The minimum absolute atomic E-state index is 0.154. The lowest BCUT2D eigenvalue weighted by atomic mass is 10.1. The van der Waals surface area contributed by atoms with Crippen LogP contribution in [0.3, 0.4) is 0 Å². The third-order valence-electron chi connectivity index (χ3n) is 2.00. The highest BCUT2D eigenvalue weighted by Gasteiger charge is 2.09. The molecular weight excluding hydrogens is 236 g/mol. The van der Waals surface area contributed by atoms with E-state index in [0.29, 0.717) is 18.5 Å². The van der Waals surface area contributed by atoms with Crippen LogP contribution in [0.25, 0.3) is 0 Å². The lowest BCUT2D eigenvalue weighted by molar-refractivity contribution is -0.135. The normalized spacial score (nSPS) is 9.17. The number of hydrogen-bond donors (Lipinski definition) is 2. The van der Waals surface area contributed by atoms with Crippen molar-refractivity contribution in [2.45, 2.75) is 13.3 Å². The van der Waals surface area contributed by atoms with E-state index in [1.165, 1.54) is 12.1 Å². The van der Waals surface area contributed by atoms with E-state index in [1.54, 1.807) is 6.92 Å². The smallest absolute Gasteiger partial charge is 0.315 e. The van der Waals surface area contributed by atoms with Gasteiger partial charge in [0.1, 0.15) is 12.7 Å². The molecule has 0 aliphatic carbocycles. The predicted molar refractivity (Wildman–Crippen MR) is 63.8 cm³/mol. The minimum atomic E-state index is -1.06. The number of benzene rings is 1. The Kier molecular flexibility index (Phi) is 4.76. The number of aliphatic carboxylic acids is 1. The fourth-order valence-electron chi connectivity index (χ4n) is 1.27. The number of phenols is 1. The summed E-state index contributed by atoms with van der Waals surface area (Å²) in [6.07, 6.45) is 0.263. The Bertz CT molecular complexity index is 522. The van der Waals surface area contributed by atoms with Crippen LogP contribution >= 0.6 is 0 Å². The lowest BCUT2D eigenvalue weighted by Gasteiger charge is -2.07. The summed E-state index contributed by atoms with van der Waals surface area (Å²) in [6, 6.07) is 2.77. The molecular formula is C13H12O5. The van der Waals surface area contributed by atoms with Gasteiger partial charge in [-0.2, -0.15) is 0 Å². The van der Waals surface area contributed by atoms with Gasteiger partial charge in [0, 0.05) is 5.56 Å². The quantitative estimate of drug-likeness (QED) is 0.622. The minimum Gasteiger partial charge on any atom is -0.503 e. The molecule has 1 aromatic carbocycles. The summed E-state index contributed by atoms with van der Waals surface area (Å²) in [4.78, 5) is 21.1. The number of aldehydes is 1. The van der Waals surface area contributed by atoms with Crippen molar-refractivity contribution >= 4 is 12.3 Å². The van der Waals surface area contributed by atoms with Crippen molar-refractivity contribution < 1.29 is 24.5 Å². The van der Waals surface area contributed by atoms with Gasteiger partial charge in [0.05, 0.1) is 12.2 Å². The SMILES string of the molecule is CCOc1cc(C=O)cc(C#CCC(=O)O)c1O. The Morgan fingerprint density at radius 1 is 1.50 bits per heavy atom. The van der Waals surface area contributed by atoms with Crippen LogP contribution < -0.4 is 4.74 Å². The van der Waals surface area contributed by atoms with Crippen molar-refractivity contribution in [1.29, 1.82) is 0 Å².